The largest absolute Gasteiger partial charge is 0.311 e. The second-order valence-electron chi connectivity index (χ2n) is 6.08. The van der Waals surface area contributed by atoms with Crippen molar-refractivity contribution in [2.45, 2.75) is 16.8 Å². The minimum Gasteiger partial charge on any atom is -0.311 e. The standard InChI is InChI=1S/C15H14BrF5N6OS2/c1-9-24-8-27(25-9)13-15(23-4-3-22-13)29(2)26-14(28)10-5-11(16)7-12(6-10)30(17,18,19,20)21/h3-8,29H,1-2H3,(H,26,28). The average Bonchev–Trinajstić information content (AvgIpc) is 3.05. The van der Waals surface area contributed by atoms with Crippen LogP contribution in [0.3, 0.4) is 0 Å². The van der Waals surface area contributed by atoms with Gasteiger partial charge in [-0.15, -0.1) is 11.1 Å². The van der Waals surface area contributed by atoms with Crippen molar-refractivity contribution in [2.24, 2.45) is 0 Å². The van der Waals surface area contributed by atoms with Gasteiger partial charge >= 0.3 is 10.2 Å². The van der Waals surface area contributed by atoms with E-state index >= 15 is 0 Å². The summed E-state index contributed by atoms with van der Waals surface area (Å²) in [4.78, 5) is 22.7. The first-order chi connectivity index (χ1) is 13.6. The number of benzene rings is 1. The first-order valence-electron chi connectivity index (χ1n) is 7.93. The van der Waals surface area contributed by atoms with Gasteiger partial charge < -0.3 is 4.72 Å². The average molecular weight is 533 g/mol. The van der Waals surface area contributed by atoms with E-state index in [0.29, 0.717) is 10.9 Å². The first kappa shape index (κ1) is 22.4. The van der Waals surface area contributed by atoms with Gasteiger partial charge in [0.2, 0.25) is 0 Å². The molecule has 0 aliphatic heterocycles. The summed E-state index contributed by atoms with van der Waals surface area (Å²) < 4.78 is 69.3. The van der Waals surface area contributed by atoms with Crippen LogP contribution in [0.25, 0.3) is 5.82 Å². The number of hydrogen-bond donors (Lipinski definition) is 2. The topological polar surface area (TPSA) is 85.6 Å². The first-order valence-corrected chi connectivity index (χ1v) is 12.5. The molecule has 0 saturated carbocycles. The molecule has 0 aliphatic rings. The Labute approximate surface area is 178 Å². The molecule has 0 spiro atoms. The SMILES string of the molecule is Cc1ncn(-c2nccnc2[SH](C)NC(=O)c2cc(Br)cc(S(F)(F)(F)(F)F)c2)n1. The molecule has 164 valence electrons. The number of carbonyl (C=O) groups is 1. The van der Waals surface area contributed by atoms with Crippen molar-refractivity contribution >= 4 is 43.1 Å². The molecule has 1 unspecified atom stereocenters. The van der Waals surface area contributed by atoms with Crippen molar-refractivity contribution in [2.75, 3.05) is 6.26 Å². The van der Waals surface area contributed by atoms with Crippen molar-refractivity contribution < 1.29 is 24.2 Å². The van der Waals surface area contributed by atoms with Crippen LogP contribution >= 0.6 is 37.2 Å². The monoisotopic (exact) mass is 532 g/mol. The maximum absolute atomic E-state index is 13.2. The van der Waals surface area contributed by atoms with Gasteiger partial charge in [0, 0.05) is 22.4 Å². The van der Waals surface area contributed by atoms with E-state index in [0.717, 1.165) is 6.07 Å². The van der Waals surface area contributed by atoms with E-state index in [4.69, 9.17) is 0 Å². The minimum atomic E-state index is -9.96. The molecule has 7 nitrogen and oxygen atoms in total. The lowest BCUT2D eigenvalue weighted by Gasteiger charge is -2.40. The number of amides is 1. The number of carbonyl (C=O) groups excluding carboxylic acids is 1. The lowest BCUT2D eigenvalue weighted by Crippen LogP contribution is -2.22. The van der Waals surface area contributed by atoms with E-state index in [9.17, 15) is 24.2 Å². The molecule has 0 bridgehead atoms. The number of hydrogen-bond acceptors (Lipinski definition) is 5. The molecule has 1 amide bonds. The Bertz CT molecular complexity index is 1140. The van der Waals surface area contributed by atoms with Crippen LogP contribution in [0.15, 0.2) is 51.3 Å². The summed E-state index contributed by atoms with van der Waals surface area (Å²) in [5.74, 6) is -0.234. The van der Waals surface area contributed by atoms with Crippen LogP contribution in [0.1, 0.15) is 16.2 Å². The normalized spacial score (nSPS) is 15.8. The molecule has 1 atom stereocenters. The third-order valence-electron chi connectivity index (χ3n) is 3.65. The summed E-state index contributed by atoms with van der Waals surface area (Å²) in [6.07, 6.45) is 5.74. The molecule has 30 heavy (non-hydrogen) atoms. The summed E-state index contributed by atoms with van der Waals surface area (Å²) in [6.45, 7) is 1.66. The maximum Gasteiger partial charge on any atom is 0.310 e. The van der Waals surface area contributed by atoms with Gasteiger partial charge in [0.15, 0.2) is 5.82 Å². The van der Waals surface area contributed by atoms with Gasteiger partial charge in [-0.25, -0.2) is 15.0 Å². The lowest BCUT2D eigenvalue weighted by molar-refractivity contribution is 0.0983. The van der Waals surface area contributed by atoms with E-state index < -0.39 is 37.7 Å². The van der Waals surface area contributed by atoms with Gasteiger partial charge in [-0.3, -0.25) is 4.79 Å². The number of nitrogens with zero attached hydrogens (tertiary/aromatic N) is 5. The summed E-state index contributed by atoms with van der Waals surface area (Å²) >= 11 is 1.16. The second-order valence-corrected chi connectivity index (χ2v) is 11.2. The smallest absolute Gasteiger partial charge is 0.310 e. The van der Waals surface area contributed by atoms with E-state index in [1.807, 2.05) is 0 Å². The van der Waals surface area contributed by atoms with Gasteiger partial charge in [0.1, 0.15) is 22.1 Å². The van der Waals surface area contributed by atoms with Crippen LogP contribution in [0, 0.1) is 6.92 Å². The molecule has 0 aliphatic carbocycles. The molecule has 3 aromatic rings. The van der Waals surface area contributed by atoms with Crippen molar-refractivity contribution in [3.05, 3.63) is 52.8 Å². The van der Waals surface area contributed by atoms with Crippen LogP contribution in [-0.4, -0.2) is 36.9 Å². The zero-order valence-corrected chi connectivity index (χ0v) is 18.5. The molecular formula is C15H14BrF5N6OS2. The van der Waals surface area contributed by atoms with Crippen LogP contribution < -0.4 is 4.72 Å². The molecule has 3 rings (SSSR count). The quantitative estimate of drug-likeness (QED) is 0.352. The molecule has 0 fully saturated rings. The fourth-order valence-electron chi connectivity index (χ4n) is 2.36. The summed E-state index contributed by atoms with van der Waals surface area (Å²) in [5.41, 5.74) is -0.580. The molecule has 15 heteroatoms. The number of rotatable bonds is 5. The fourth-order valence-corrected chi connectivity index (χ4v) is 4.94. The van der Waals surface area contributed by atoms with Crippen molar-refractivity contribution in [1.82, 2.24) is 29.5 Å². The van der Waals surface area contributed by atoms with Crippen molar-refractivity contribution in [3.8, 4) is 5.82 Å². The highest BCUT2D eigenvalue weighted by Gasteiger charge is 2.65. The van der Waals surface area contributed by atoms with E-state index in [1.165, 1.54) is 23.4 Å². The molecule has 2 heterocycles. The summed E-state index contributed by atoms with van der Waals surface area (Å²) in [6, 6.07) is 1.38. The van der Waals surface area contributed by atoms with Crippen molar-refractivity contribution in [1.29, 1.82) is 0 Å². The Morgan fingerprint density at radius 2 is 1.77 bits per heavy atom. The number of aryl methyl sites for hydroxylation is 1. The highest BCUT2D eigenvalue weighted by Crippen LogP contribution is 3.02. The third-order valence-corrected chi connectivity index (χ3v) is 6.72. The van der Waals surface area contributed by atoms with Gasteiger partial charge in [-0.05, 0) is 31.4 Å². The van der Waals surface area contributed by atoms with Gasteiger partial charge in [-0.1, -0.05) is 35.4 Å². The Hall–Kier alpha value is -2.26. The highest BCUT2D eigenvalue weighted by molar-refractivity contribution is 9.10. The summed E-state index contributed by atoms with van der Waals surface area (Å²) in [5, 5.41) is 4.43. The van der Waals surface area contributed by atoms with Crippen LogP contribution in [0.2, 0.25) is 0 Å². The molecule has 1 N–H and O–H groups in total. The Balaban J connectivity index is 1.92. The number of aromatic nitrogens is 5. The molecule has 1 aromatic carbocycles. The Morgan fingerprint density at radius 3 is 2.37 bits per heavy atom. The molecular weight excluding hydrogens is 519 g/mol. The van der Waals surface area contributed by atoms with E-state index in [1.54, 1.807) is 13.2 Å². The lowest BCUT2D eigenvalue weighted by atomic mass is 10.2. The number of thiol groups is 1. The van der Waals surface area contributed by atoms with Crippen LogP contribution in [0.5, 0.6) is 0 Å². The maximum atomic E-state index is 13.2. The van der Waals surface area contributed by atoms with Crippen LogP contribution in [-0.2, 0) is 0 Å². The van der Waals surface area contributed by atoms with Gasteiger partial charge in [0.05, 0.1) is 0 Å². The third kappa shape index (κ3) is 5.07. The number of nitrogens with one attached hydrogen (secondary N) is 1. The second kappa shape index (κ2) is 6.88. The Kier molecular flexibility index (Phi) is 5.14. The predicted octanol–water partition coefficient (Wildman–Crippen LogP) is 5.12. The highest BCUT2D eigenvalue weighted by atomic mass is 79.9. The van der Waals surface area contributed by atoms with E-state index in [2.05, 4.69) is 40.7 Å². The minimum absolute atomic E-state index is 0.128. The molecule has 0 radical (unpaired) electrons. The zero-order valence-electron chi connectivity index (χ0n) is 15.2. The Morgan fingerprint density at radius 1 is 1.10 bits per heavy atom. The fraction of sp³-hybridized carbons (Fsp3) is 0.133. The molecule has 2 aromatic heterocycles. The number of halogens is 6. The summed E-state index contributed by atoms with van der Waals surface area (Å²) in [7, 11) is -9.96. The van der Waals surface area contributed by atoms with Gasteiger partial charge in [0.25, 0.3) is 5.91 Å². The van der Waals surface area contributed by atoms with E-state index in [-0.39, 0.29) is 22.4 Å². The van der Waals surface area contributed by atoms with Gasteiger partial charge in [-0.2, -0.15) is 9.78 Å². The predicted molar refractivity (Wildman–Crippen MR) is 108 cm³/mol. The van der Waals surface area contributed by atoms with Crippen molar-refractivity contribution in [3.63, 3.8) is 0 Å². The molecule has 0 saturated heterocycles. The van der Waals surface area contributed by atoms with Crippen LogP contribution in [0.4, 0.5) is 19.4 Å². The zero-order chi connectivity index (χ0) is 22.4.